The number of amides is 1. The molecular formula is C8H14N4OS3. The van der Waals surface area contributed by atoms with Crippen molar-refractivity contribution in [2.75, 3.05) is 12.0 Å². The molecule has 0 aromatic carbocycles. The van der Waals surface area contributed by atoms with Crippen LogP contribution in [0.3, 0.4) is 0 Å². The second-order valence-electron chi connectivity index (χ2n) is 3.42. The molecule has 1 unspecified atom stereocenters. The Morgan fingerprint density at radius 1 is 1.50 bits per heavy atom. The predicted octanol–water partition coefficient (Wildman–Crippen LogP) is 0.945. The first-order valence-corrected chi connectivity index (χ1v) is 7.57. The number of carbonyl (C=O) groups is 1. The molecule has 1 aromatic rings. The first-order chi connectivity index (χ1) is 7.45. The molecule has 5 nitrogen and oxygen atoms in total. The van der Waals surface area contributed by atoms with Gasteiger partial charge in [-0.3, -0.25) is 4.79 Å². The minimum atomic E-state index is -0.944. The van der Waals surface area contributed by atoms with Crippen LogP contribution in [0.5, 0.6) is 0 Å². The number of nitrogens with zero attached hydrogens (tertiary/aromatic N) is 2. The summed E-state index contributed by atoms with van der Waals surface area (Å²) in [5.41, 5.74) is 9.96. The van der Waals surface area contributed by atoms with E-state index in [0.29, 0.717) is 12.2 Å². The zero-order chi connectivity index (χ0) is 12.2. The normalized spacial score (nSPS) is 14.7. The van der Waals surface area contributed by atoms with Gasteiger partial charge >= 0.3 is 0 Å². The Bertz CT molecular complexity index is 366. The van der Waals surface area contributed by atoms with E-state index in [1.54, 1.807) is 30.4 Å². The maximum absolute atomic E-state index is 11.0. The molecule has 1 heterocycles. The first kappa shape index (κ1) is 13.8. The highest BCUT2D eigenvalue weighted by atomic mass is 32.2. The highest BCUT2D eigenvalue weighted by Crippen LogP contribution is 2.28. The summed E-state index contributed by atoms with van der Waals surface area (Å²) < 4.78 is 1.83. The number of aromatic nitrogens is 2. The average Bonchev–Trinajstić information content (AvgIpc) is 2.65. The summed E-state index contributed by atoms with van der Waals surface area (Å²) in [6.07, 6.45) is 2.49. The smallest absolute Gasteiger partial charge is 0.237 e. The zero-order valence-corrected chi connectivity index (χ0v) is 11.5. The second kappa shape index (κ2) is 5.85. The Kier molecular flexibility index (Phi) is 5.03. The maximum atomic E-state index is 11.0. The van der Waals surface area contributed by atoms with Crippen LogP contribution in [0, 0.1) is 0 Å². The van der Waals surface area contributed by atoms with Crippen molar-refractivity contribution < 1.29 is 4.79 Å². The van der Waals surface area contributed by atoms with Gasteiger partial charge in [0, 0.05) is 5.75 Å². The molecule has 0 spiro atoms. The summed E-state index contributed by atoms with van der Waals surface area (Å²) in [6, 6.07) is 0. The van der Waals surface area contributed by atoms with Crippen molar-refractivity contribution in [1.82, 2.24) is 10.2 Å². The number of thioether (sulfide) groups is 2. The summed E-state index contributed by atoms with van der Waals surface area (Å²) in [4.78, 5) is 11.0. The molecule has 90 valence electrons. The third-order valence-electron chi connectivity index (χ3n) is 1.97. The standard InChI is InChI=1S/C8H14N4OS3/c1-8(10,5(9)13)3-4-15-7-12-11-6(14-2)16-7/h3-4,10H2,1-2H3,(H2,9,13). The van der Waals surface area contributed by atoms with Gasteiger partial charge in [-0.25, -0.2) is 0 Å². The third kappa shape index (κ3) is 3.93. The van der Waals surface area contributed by atoms with E-state index in [2.05, 4.69) is 10.2 Å². The number of carbonyl (C=O) groups excluding carboxylic acids is 1. The molecule has 0 fully saturated rings. The van der Waals surface area contributed by atoms with Crippen molar-refractivity contribution in [3.8, 4) is 0 Å². The van der Waals surface area contributed by atoms with Crippen LogP contribution in [0.25, 0.3) is 0 Å². The second-order valence-corrected chi connectivity index (χ2v) is 6.79. The van der Waals surface area contributed by atoms with Gasteiger partial charge in [0.2, 0.25) is 5.91 Å². The lowest BCUT2D eigenvalue weighted by molar-refractivity contribution is -0.122. The molecule has 1 atom stereocenters. The van der Waals surface area contributed by atoms with Crippen LogP contribution in [0.1, 0.15) is 13.3 Å². The molecule has 16 heavy (non-hydrogen) atoms. The molecule has 0 aliphatic heterocycles. The highest BCUT2D eigenvalue weighted by molar-refractivity contribution is 8.02. The van der Waals surface area contributed by atoms with Crippen LogP contribution in [-0.4, -0.2) is 33.7 Å². The Labute approximate surface area is 107 Å². The first-order valence-electron chi connectivity index (χ1n) is 4.55. The predicted molar refractivity (Wildman–Crippen MR) is 68.8 cm³/mol. The van der Waals surface area contributed by atoms with Crippen LogP contribution in [0.15, 0.2) is 8.68 Å². The van der Waals surface area contributed by atoms with E-state index in [9.17, 15) is 4.79 Å². The summed E-state index contributed by atoms with van der Waals surface area (Å²) in [7, 11) is 0. The summed E-state index contributed by atoms with van der Waals surface area (Å²) in [6.45, 7) is 1.64. The minimum Gasteiger partial charge on any atom is -0.368 e. The lowest BCUT2D eigenvalue weighted by Gasteiger charge is -2.19. The molecule has 1 amide bonds. The molecule has 4 N–H and O–H groups in total. The minimum absolute atomic E-state index is 0.477. The van der Waals surface area contributed by atoms with Crippen molar-refractivity contribution in [2.24, 2.45) is 11.5 Å². The van der Waals surface area contributed by atoms with E-state index in [1.807, 2.05) is 6.26 Å². The van der Waals surface area contributed by atoms with E-state index in [0.717, 1.165) is 8.68 Å². The van der Waals surface area contributed by atoms with Gasteiger partial charge in [0.15, 0.2) is 8.68 Å². The average molecular weight is 278 g/mol. The van der Waals surface area contributed by atoms with Crippen molar-refractivity contribution in [1.29, 1.82) is 0 Å². The zero-order valence-electron chi connectivity index (χ0n) is 9.10. The van der Waals surface area contributed by atoms with Crippen LogP contribution < -0.4 is 11.5 Å². The van der Waals surface area contributed by atoms with E-state index in [4.69, 9.17) is 11.5 Å². The van der Waals surface area contributed by atoms with Gasteiger partial charge in [0.05, 0.1) is 5.54 Å². The Hall–Kier alpha value is -0.310. The topological polar surface area (TPSA) is 94.9 Å². The fourth-order valence-corrected chi connectivity index (χ4v) is 3.50. The molecule has 0 saturated carbocycles. The quantitative estimate of drug-likeness (QED) is 0.752. The van der Waals surface area contributed by atoms with Gasteiger partial charge in [0.1, 0.15) is 0 Å². The molecule has 0 bridgehead atoms. The summed E-state index contributed by atoms with van der Waals surface area (Å²) in [5.74, 6) is 0.231. The Morgan fingerprint density at radius 2 is 2.12 bits per heavy atom. The van der Waals surface area contributed by atoms with E-state index in [1.165, 1.54) is 11.3 Å². The highest BCUT2D eigenvalue weighted by Gasteiger charge is 2.25. The van der Waals surface area contributed by atoms with Crippen LogP contribution in [0.4, 0.5) is 0 Å². The van der Waals surface area contributed by atoms with Gasteiger partial charge in [-0.2, -0.15) is 0 Å². The van der Waals surface area contributed by atoms with Crippen molar-refractivity contribution in [3.63, 3.8) is 0 Å². The van der Waals surface area contributed by atoms with Gasteiger partial charge < -0.3 is 11.5 Å². The Morgan fingerprint density at radius 3 is 2.62 bits per heavy atom. The van der Waals surface area contributed by atoms with Gasteiger partial charge in [-0.05, 0) is 19.6 Å². The van der Waals surface area contributed by atoms with E-state index >= 15 is 0 Å². The van der Waals surface area contributed by atoms with Crippen molar-refractivity contribution >= 4 is 40.8 Å². The molecule has 1 rings (SSSR count). The fourth-order valence-electron chi connectivity index (χ4n) is 0.812. The Balaban J connectivity index is 2.38. The van der Waals surface area contributed by atoms with Crippen LogP contribution >= 0.6 is 34.9 Å². The van der Waals surface area contributed by atoms with Gasteiger partial charge in [-0.1, -0.05) is 34.9 Å². The number of primary amides is 1. The SMILES string of the molecule is CSc1nnc(SCCC(C)(N)C(N)=O)s1. The van der Waals surface area contributed by atoms with Crippen molar-refractivity contribution in [3.05, 3.63) is 0 Å². The lowest BCUT2D eigenvalue weighted by atomic mass is 10.0. The summed E-state index contributed by atoms with van der Waals surface area (Å²) >= 11 is 4.65. The fraction of sp³-hybridized carbons (Fsp3) is 0.625. The third-order valence-corrected chi connectivity index (χ3v) is 5.01. The maximum Gasteiger partial charge on any atom is 0.237 e. The molecule has 0 aliphatic carbocycles. The van der Waals surface area contributed by atoms with E-state index in [-0.39, 0.29) is 0 Å². The number of rotatable bonds is 6. The van der Waals surface area contributed by atoms with E-state index < -0.39 is 11.4 Å². The van der Waals surface area contributed by atoms with Gasteiger partial charge in [-0.15, -0.1) is 10.2 Å². The summed E-state index contributed by atoms with van der Waals surface area (Å²) in [5, 5.41) is 7.98. The molecular weight excluding hydrogens is 264 g/mol. The molecule has 0 aliphatic rings. The monoisotopic (exact) mass is 278 g/mol. The number of hydrogen-bond donors (Lipinski definition) is 2. The van der Waals surface area contributed by atoms with Gasteiger partial charge in [0.25, 0.3) is 0 Å². The molecule has 0 saturated heterocycles. The number of hydrogen-bond acceptors (Lipinski definition) is 7. The molecule has 0 radical (unpaired) electrons. The van der Waals surface area contributed by atoms with Crippen molar-refractivity contribution in [2.45, 2.75) is 27.6 Å². The molecule has 1 aromatic heterocycles. The largest absolute Gasteiger partial charge is 0.368 e. The van der Waals surface area contributed by atoms with Crippen LogP contribution in [0.2, 0.25) is 0 Å². The lowest BCUT2D eigenvalue weighted by Crippen LogP contribution is -2.49. The van der Waals surface area contributed by atoms with Crippen LogP contribution in [-0.2, 0) is 4.79 Å². The number of nitrogens with two attached hydrogens (primary N) is 2. The molecule has 8 heteroatoms.